The SMILES string of the molecule is O=C(c1cc(-c2ccco2)nc2ccccc12)N(c1ccccc1)C1CC1. The van der Waals surface area contributed by atoms with Crippen LogP contribution in [0.2, 0.25) is 0 Å². The maximum Gasteiger partial charge on any atom is 0.259 e. The molecule has 0 saturated heterocycles. The highest BCUT2D eigenvalue weighted by Gasteiger charge is 2.35. The van der Waals surface area contributed by atoms with E-state index < -0.39 is 0 Å². The predicted octanol–water partition coefficient (Wildman–Crippen LogP) is 5.30. The Balaban J connectivity index is 1.68. The number of furan rings is 1. The summed E-state index contributed by atoms with van der Waals surface area (Å²) in [5, 5.41) is 0.861. The number of benzene rings is 2. The Bertz CT molecular complexity index is 1100. The second-order valence-electron chi connectivity index (χ2n) is 6.79. The summed E-state index contributed by atoms with van der Waals surface area (Å²) >= 11 is 0. The number of aromatic nitrogens is 1. The fourth-order valence-corrected chi connectivity index (χ4v) is 3.45. The molecule has 0 aliphatic heterocycles. The molecule has 0 N–H and O–H groups in total. The number of anilines is 1. The van der Waals surface area contributed by atoms with Gasteiger partial charge >= 0.3 is 0 Å². The minimum Gasteiger partial charge on any atom is -0.463 e. The summed E-state index contributed by atoms with van der Waals surface area (Å²) in [7, 11) is 0. The van der Waals surface area contributed by atoms with Crippen molar-refractivity contribution in [2.75, 3.05) is 4.90 Å². The van der Waals surface area contributed by atoms with Crippen LogP contribution in [0.4, 0.5) is 5.69 Å². The minimum absolute atomic E-state index is 0.00936. The summed E-state index contributed by atoms with van der Waals surface area (Å²) in [6, 6.07) is 23.5. The average molecular weight is 354 g/mol. The second kappa shape index (κ2) is 6.40. The van der Waals surface area contributed by atoms with Crippen molar-refractivity contribution < 1.29 is 9.21 Å². The van der Waals surface area contributed by atoms with Gasteiger partial charge in [-0.25, -0.2) is 4.98 Å². The van der Waals surface area contributed by atoms with Crippen LogP contribution in [0, 0.1) is 0 Å². The highest BCUT2D eigenvalue weighted by Crippen LogP contribution is 2.35. The molecule has 132 valence electrons. The zero-order chi connectivity index (χ0) is 18.2. The summed E-state index contributed by atoms with van der Waals surface area (Å²) < 4.78 is 5.52. The van der Waals surface area contributed by atoms with Crippen LogP contribution in [0.3, 0.4) is 0 Å². The van der Waals surface area contributed by atoms with Gasteiger partial charge in [0.1, 0.15) is 5.69 Å². The lowest BCUT2D eigenvalue weighted by molar-refractivity contribution is 0.0987. The zero-order valence-corrected chi connectivity index (χ0v) is 14.7. The Hall–Kier alpha value is -3.40. The summed E-state index contributed by atoms with van der Waals surface area (Å²) in [6.07, 6.45) is 3.69. The number of amides is 1. The van der Waals surface area contributed by atoms with E-state index in [1.807, 2.05) is 77.7 Å². The molecule has 0 spiro atoms. The van der Waals surface area contributed by atoms with E-state index in [0.717, 1.165) is 29.4 Å². The number of hydrogen-bond acceptors (Lipinski definition) is 3. The fourth-order valence-electron chi connectivity index (χ4n) is 3.45. The van der Waals surface area contributed by atoms with Crippen LogP contribution in [0.25, 0.3) is 22.4 Å². The zero-order valence-electron chi connectivity index (χ0n) is 14.7. The number of nitrogens with zero attached hydrogens (tertiary/aromatic N) is 2. The quantitative estimate of drug-likeness (QED) is 0.499. The van der Waals surface area contributed by atoms with Gasteiger partial charge in [-0.2, -0.15) is 0 Å². The number of carbonyl (C=O) groups is 1. The molecule has 2 aromatic carbocycles. The Morgan fingerprint density at radius 1 is 0.963 bits per heavy atom. The topological polar surface area (TPSA) is 46.3 Å². The van der Waals surface area contributed by atoms with E-state index in [2.05, 4.69) is 4.98 Å². The van der Waals surface area contributed by atoms with Crippen LogP contribution in [0.1, 0.15) is 23.2 Å². The van der Waals surface area contributed by atoms with Crippen LogP contribution < -0.4 is 4.90 Å². The Kier molecular flexibility index (Phi) is 3.75. The monoisotopic (exact) mass is 354 g/mol. The van der Waals surface area contributed by atoms with E-state index >= 15 is 0 Å². The molecule has 4 aromatic rings. The van der Waals surface area contributed by atoms with Crippen molar-refractivity contribution >= 4 is 22.5 Å². The average Bonchev–Trinajstić information content (AvgIpc) is 3.39. The molecule has 1 aliphatic carbocycles. The predicted molar refractivity (Wildman–Crippen MR) is 106 cm³/mol. The maximum absolute atomic E-state index is 13.6. The van der Waals surface area contributed by atoms with Crippen LogP contribution in [-0.4, -0.2) is 16.9 Å². The molecular formula is C23H18N2O2. The molecule has 5 rings (SSSR count). The van der Waals surface area contributed by atoms with Crippen molar-refractivity contribution in [1.29, 1.82) is 0 Å². The van der Waals surface area contributed by atoms with Crippen molar-refractivity contribution in [3.8, 4) is 11.5 Å². The third-order valence-electron chi connectivity index (χ3n) is 4.89. The summed E-state index contributed by atoms with van der Waals surface area (Å²) in [5.74, 6) is 0.669. The van der Waals surface area contributed by atoms with Gasteiger partial charge in [0.05, 0.1) is 17.3 Å². The lowest BCUT2D eigenvalue weighted by Gasteiger charge is -2.23. The van der Waals surface area contributed by atoms with Crippen LogP contribution in [0.15, 0.2) is 83.5 Å². The van der Waals surface area contributed by atoms with Crippen LogP contribution >= 0.6 is 0 Å². The van der Waals surface area contributed by atoms with Gasteiger partial charge in [-0.1, -0.05) is 36.4 Å². The van der Waals surface area contributed by atoms with Crippen molar-refractivity contribution in [2.45, 2.75) is 18.9 Å². The van der Waals surface area contributed by atoms with E-state index in [-0.39, 0.29) is 11.9 Å². The van der Waals surface area contributed by atoms with Crippen molar-refractivity contribution in [2.24, 2.45) is 0 Å². The van der Waals surface area contributed by atoms with E-state index in [4.69, 9.17) is 4.42 Å². The molecule has 4 nitrogen and oxygen atoms in total. The van der Waals surface area contributed by atoms with Gasteiger partial charge in [-0.15, -0.1) is 0 Å². The first-order valence-electron chi connectivity index (χ1n) is 9.13. The molecule has 0 atom stereocenters. The molecule has 0 radical (unpaired) electrons. The van der Waals surface area contributed by atoms with Crippen molar-refractivity contribution in [3.05, 3.63) is 84.6 Å². The lowest BCUT2D eigenvalue weighted by Crippen LogP contribution is -2.33. The standard InChI is InChI=1S/C23H18N2O2/c26-23(25(17-12-13-17)16-7-2-1-3-8-16)19-15-21(22-11-6-14-27-22)24-20-10-5-4-9-18(19)20/h1-11,14-15,17H,12-13H2. The van der Waals surface area contributed by atoms with Crippen LogP contribution in [-0.2, 0) is 0 Å². The molecule has 0 unspecified atom stereocenters. The lowest BCUT2D eigenvalue weighted by atomic mass is 10.0. The van der Waals surface area contributed by atoms with E-state index in [0.29, 0.717) is 17.0 Å². The Morgan fingerprint density at radius 2 is 1.74 bits per heavy atom. The molecule has 0 bridgehead atoms. The molecule has 1 amide bonds. The molecule has 2 heterocycles. The van der Waals surface area contributed by atoms with E-state index in [1.54, 1.807) is 6.26 Å². The Labute approximate surface area is 157 Å². The van der Waals surface area contributed by atoms with E-state index in [1.165, 1.54) is 0 Å². The largest absolute Gasteiger partial charge is 0.463 e. The number of fused-ring (bicyclic) bond motifs is 1. The van der Waals surface area contributed by atoms with Gasteiger partial charge in [-0.3, -0.25) is 4.79 Å². The number of carbonyl (C=O) groups excluding carboxylic acids is 1. The first-order valence-corrected chi connectivity index (χ1v) is 9.13. The van der Waals surface area contributed by atoms with Crippen molar-refractivity contribution in [3.63, 3.8) is 0 Å². The fraction of sp³-hybridized carbons (Fsp3) is 0.130. The molecular weight excluding hydrogens is 336 g/mol. The third-order valence-corrected chi connectivity index (χ3v) is 4.89. The van der Waals surface area contributed by atoms with Gasteiger partial charge in [0.2, 0.25) is 0 Å². The van der Waals surface area contributed by atoms with Gasteiger partial charge in [0.15, 0.2) is 5.76 Å². The van der Waals surface area contributed by atoms with Gasteiger partial charge in [0, 0.05) is 17.1 Å². The first-order chi connectivity index (χ1) is 13.3. The molecule has 27 heavy (non-hydrogen) atoms. The second-order valence-corrected chi connectivity index (χ2v) is 6.79. The Morgan fingerprint density at radius 3 is 2.48 bits per heavy atom. The summed E-state index contributed by atoms with van der Waals surface area (Å²) in [5.41, 5.74) is 3.05. The van der Waals surface area contributed by atoms with Gasteiger partial charge in [0.25, 0.3) is 5.91 Å². The molecule has 4 heteroatoms. The van der Waals surface area contributed by atoms with Crippen molar-refractivity contribution in [1.82, 2.24) is 4.98 Å². The number of para-hydroxylation sites is 2. The summed E-state index contributed by atoms with van der Waals surface area (Å²) in [6.45, 7) is 0. The minimum atomic E-state index is 0.00936. The van der Waals surface area contributed by atoms with Gasteiger partial charge in [-0.05, 0) is 49.2 Å². The molecule has 1 aliphatic rings. The number of pyridine rings is 1. The first kappa shape index (κ1) is 15.8. The third kappa shape index (κ3) is 2.89. The smallest absolute Gasteiger partial charge is 0.259 e. The number of hydrogen-bond donors (Lipinski definition) is 0. The van der Waals surface area contributed by atoms with Crippen LogP contribution in [0.5, 0.6) is 0 Å². The number of rotatable bonds is 4. The summed E-state index contributed by atoms with van der Waals surface area (Å²) in [4.78, 5) is 20.2. The normalized spacial score (nSPS) is 13.6. The van der Waals surface area contributed by atoms with E-state index in [9.17, 15) is 4.79 Å². The highest BCUT2D eigenvalue weighted by molar-refractivity contribution is 6.14. The van der Waals surface area contributed by atoms with Gasteiger partial charge < -0.3 is 9.32 Å². The maximum atomic E-state index is 13.6. The molecule has 1 fully saturated rings. The molecule has 1 saturated carbocycles. The molecule has 2 aromatic heterocycles. The highest BCUT2D eigenvalue weighted by atomic mass is 16.3.